The molecule has 0 aliphatic heterocycles. The molecule has 1 atom stereocenters. The first kappa shape index (κ1) is 24.1. The van der Waals surface area contributed by atoms with Crippen LogP contribution in [0.25, 0.3) is 0 Å². The summed E-state index contributed by atoms with van der Waals surface area (Å²) in [5.74, 6) is -0.522. The zero-order valence-electron chi connectivity index (χ0n) is 14.5. The van der Waals surface area contributed by atoms with E-state index in [1.54, 1.807) is 0 Å². The van der Waals surface area contributed by atoms with Gasteiger partial charge in [-0.1, -0.05) is 6.42 Å². The van der Waals surface area contributed by atoms with Gasteiger partial charge in [0.25, 0.3) is 0 Å². The molecule has 0 fully saturated rings. The minimum atomic E-state index is -0.677. The van der Waals surface area contributed by atoms with Gasteiger partial charge in [-0.3, -0.25) is 4.79 Å². The maximum Gasteiger partial charge on any atom is 0.234 e. The number of amides is 1. The van der Waals surface area contributed by atoms with Gasteiger partial charge in [-0.15, -0.1) is 0 Å². The zero-order valence-corrected chi connectivity index (χ0v) is 14.5. The van der Waals surface area contributed by atoms with Crippen LogP contribution in [-0.4, -0.2) is 96.8 Å². The van der Waals surface area contributed by atoms with Gasteiger partial charge in [0.1, 0.15) is 12.2 Å². The second-order valence-corrected chi connectivity index (χ2v) is 5.80. The maximum atomic E-state index is 10.8. The minimum absolute atomic E-state index is 0.177. The Kier molecular flexibility index (Phi) is 14.9. The molecule has 0 saturated heterocycles. The van der Waals surface area contributed by atoms with Crippen LogP contribution in [0.1, 0.15) is 19.3 Å². The van der Waals surface area contributed by atoms with E-state index in [1.807, 2.05) is 0 Å². The molecular weight excluding hydrogens is 334 g/mol. The van der Waals surface area contributed by atoms with E-state index in [-0.39, 0.29) is 45.7 Å². The number of carbonyl (C=O) groups is 1. The molecule has 0 radical (unpaired) electrons. The number of unbranched alkanes of at least 4 members (excludes halogenated alkanes) is 1. The van der Waals surface area contributed by atoms with Crippen molar-refractivity contribution in [1.29, 1.82) is 0 Å². The summed E-state index contributed by atoms with van der Waals surface area (Å²) in [6.07, 6.45) is 0.624. The first-order valence-electron chi connectivity index (χ1n) is 8.43. The maximum absolute atomic E-state index is 10.8. The van der Waals surface area contributed by atoms with Gasteiger partial charge in [-0.25, -0.2) is 0 Å². The van der Waals surface area contributed by atoms with E-state index in [9.17, 15) is 4.79 Å². The van der Waals surface area contributed by atoms with Gasteiger partial charge in [0.05, 0.1) is 51.7 Å². The second-order valence-electron chi connectivity index (χ2n) is 5.80. The van der Waals surface area contributed by atoms with Crippen molar-refractivity contribution in [3.05, 3.63) is 0 Å². The molecule has 0 aliphatic rings. The lowest BCUT2D eigenvalue weighted by Gasteiger charge is -2.23. The molecule has 0 heterocycles. The SMILES string of the molecule is NC(=O)[C@H](N)CCCCNC(COC(CO)CO)COC(CO)CO. The number of hydrogen-bond acceptors (Lipinski definition) is 9. The number of aliphatic hydroxyl groups is 4. The summed E-state index contributed by atoms with van der Waals surface area (Å²) in [7, 11) is 0. The zero-order chi connectivity index (χ0) is 19.1. The number of rotatable bonds is 17. The molecule has 0 bridgehead atoms. The second kappa shape index (κ2) is 15.4. The molecule has 0 aromatic carbocycles. The van der Waals surface area contributed by atoms with Gasteiger partial charge in [0.15, 0.2) is 0 Å². The van der Waals surface area contributed by atoms with Gasteiger partial charge >= 0.3 is 0 Å². The number of nitrogens with two attached hydrogens (primary N) is 2. The van der Waals surface area contributed by atoms with Gasteiger partial charge in [-0.05, 0) is 19.4 Å². The van der Waals surface area contributed by atoms with Crippen molar-refractivity contribution in [1.82, 2.24) is 5.32 Å². The lowest BCUT2D eigenvalue weighted by Crippen LogP contribution is -2.42. The molecule has 0 aromatic heterocycles. The van der Waals surface area contributed by atoms with Crippen LogP contribution >= 0.6 is 0 Å². The van der Waals surface area contributed by atoms with E-state index >= 15 is 0 Å². The van der Waals surface area contributed by atoms with Crippen molar-refractivity contribution in [2.24, 2.45) is 11.5 Å². The number of hydrogen-bond donors (Lipinski definition) is 7. The quantitative estimate of drug-likeness (QED) is 0.129. The van der Waals surface area contributed by atoms with Gasteiger partial charge in [-0.2, -0.15) is 0 Å². The highest BCUT2D eigenvalue weighted by Crippen LogP contribution is 2.01. The van der Waals surface area contributed by atoms with E-state index < -0.39 is 24.2 Å². The van der Waals surface area contributed by atoms with Crippen LogP contribution < -0.4 is 16.8 Å². The number of nitrogens with one attached hydrogen (secondary N) is 1. The lowest BCUT2D eigenvalue weighted by atomic mass is 10.1. The van der Waals surface area contributed by atoms with Crippen molar-refractivity contribution in [3.63, 3.8) is 0 Å². The standard InChI is InChI=1S/C15H33N3O7/c16-14(15(17)23)3-1-2-4-18-11(9-24-12(5-19)6-20)10-25-13(7-21)8-22/h11-14,18-22H,1-10,16H2,(H2,17,23)/t14-/m1/s1. The molecule has 0 rings (SSSR count). The van der Waals surface area contributed by atoms with Crippen LogP contribution in [-0.2, 0) is 14.3 Å². The molecule has 10 nitrogen and oxygen atoms in total. The predicted octanol–water partition coefficient (Wildman–Crippen LogP) is -3.33. The Balaban J connectivity index is 4.20. The highest BCUT2D eigenvalue weighted by molar-refractivity contribution is 5.79. The molecule has 0 spiro atoms. The fourth-order valence-corrected chi connectivity index (χ4v) is 1.93. The number of carbonyl (C=O) groups excluding carboxylic acids is 1. The summed E-state index contributed by atoms with van der Waals surface area (Å²) >= 11 is 0. The van der Waals surface area contributed by atoms with Crippen LogP contribution in [0.3, 0.4) is 0 Å². The Morgan fingerprint density at radius 3 is 1.80 bits per heavy atom. The first-order valence-corrected chi connectivity index (χ1v) is 8.43. The molecule has 0 aliphatic carbocycles. The molecule has 150 valence electrons. The van der Waals surface area contributed by atoms with Gasteiger partial charge in [0, 0.05) is 0 Å². The molecule has 1 amide bonds. The van der Waals surface area contributed by atoms with Gasteiger partial charge < -0.3 is 46.7 Å². The molecular formula is C15H33N3O7. The van der Waals surface area contributed by atoms with Crippen molar-refractivity contribution >= 4 is 5.91 Å². The highest BCUT2D eigenvalue weighted by Gasteiger charge is 2.16. The average Bonchev–Trinajstić information content (AvgIpc) is 2.61. The number of ether oxygens (including phenoxy) is 2. The number of aliphatic hydroxyl groups excluding tert-OH is 4. The molecule has 0 aromatic rings. The van der Waals surface area contributed by atoms with Crippen molar-refractivity contribution in [2.45, 2.75) is 43.6 Å². The van der Waals surface area contributed by atoms with E-state index in [4.69, 9.17) is 41.4 Å². The third-order valence-electron chi connectivity index (χ3n) is 3.62. The first-order chi connectivity index (χ1) is 12.0. The molecule has 10 heteroatoms. The van der Waals surface area contributed by atoms with E-state index in [2.05, 4.69) is 5.32 Å². The Morgan fingerprint density at radius 2 is 1.40 bits per heavy atom. The average molecular weight is 367 g/mol. The van der Waals surface area contributed by atoms with E-state index in [1.165, 1.54) is 0 Å². The fraction of sp³-hybridized carbons (Fsp3) is 0.933. The topological polar surface area (TPSA) is 181 Å². The smallest absolute Gasteiger partial charge is 0.234 e. The summed E-state index contributed by atoms with van der Waals surface area (Å²) in [6, 6.07) is -0.904. The largest absolute Gasteiger partial charge is 0.394 e. The van der Waals surface area contributed by atoms with E-state index in [0.29, 0.717) is 13.0 Å². The summed E-state index contributed by atoms with van der Waals surface area (Å²) in [5, 5.41) is 39.3. The summed E-state index contributed by atoms with van der Waals surface area (Å²) in [6.45, 7) is -0.243. The highest BCUT2D eigenvalue weighted by atomic mass is 16.5. The monoisotopic (exact) mass is 367 g/mol. The normalized spacial score (nSPS) is 13.1. The molecule has 25 heavy (non-hydrogen) atoms. The Labute approximate surface area is 148 Å². The van der Waals surface area contributed by atoms with Crippen LogP contribution in [0.5, 0.6) is 0 Å². The Bertz CT molecular complexity index is 312. The summed E-state index contributed by atoms with van der Waals surface area (Å²) in [4.78, 5) is 10.8. The third-order valence-corrected chi connectivity index (χ3v) is 3.62. The fourth-order valence-electron chi connectivity index (χ4n) is 1.93. The summed E-state index contributed by atoms with van der Waals surface area (Å²) < 4.78 is 10.8. The Morgan fingerprint density at radius 1 is 0.920 bits per heavy atom. The number of primary amides is 1. The lowest BCUT2D eigenvalue weighted by molar-refractivity contribution is -0.119. The van der Waals surface area contributed by atoms with Crippen LogP contribution in [0, 0.1) is 0 Å². The van der Waals surface area contributed by atoms with Crippen LogP contribution in [0.4, 0.5) is 0 Å². The molecule has 0 unspecified atom stereocenters. The Hall–Kier alpha value is -0.850. The van der Waals surface area contributed by atoms with E-state index in [0.717, 1.165) is 12.8 Å². The van der Waals surface area contributed by atoms with Crippen LogP contribution in [0.15, 0.2) is 0 Å². The van der Waals surface area contributed by atoms with Gasteiger partial charge in [0.2, 0.25) is 5.91 Å². The van der Waals surface area contributed by atoms with Crippen LogP contribution in [0.2, 0.25) is 0 Å². The molecule has 0 saturated carbocycles. The molecule has 9 N–H and O–H groups in total. The van der Waals surface area contributed by atoms with Crippen molar-refractivity contribution in [2.75, 3.05) is 46.2 Å². The summed E-state index contributed by atoms with van der Waals surface area (Å²) in [5.41, 5.74) is 10.6. The van der Waals surface area contributed by atoms with Crippen molar-refractivity contribution < 1.29 is 34.7 Å². The predicted molar refractivity (Wildman–Crippen MR) is 90.6 cm³/mol. The third kappa shape index (κ3) is 12.2. The van der Waals surface area contributed by atoms with Crippen molar-refractivity contribution in [3.8, 4) is 0 Å². The minimum Gasteiger partial charge on any atom is -0.394 e.